The van der Waals surface area contributed by atoms with Crippen LogP contribution in [0.15, 0.2) is 12.4 Å². The molecule has 0 aliphatic heterocycles. The molecule has 118 valence electrons. The number of imidazole rings is 1. The average Bonchev–Trinajstić information content (AvgIpc) is 2.71. The van der Waals surface area contributed by atoms with Crippen LogP contribution >= 0.6 is 24.8 Å². The molecule has 3 N–H and O–H groups in total. The summed E-state index contributed by atoms with van der Waals surface area (Å²) in [7, 11) is 0. The van der Waals surface area contributed by atoms with Crippen molar-refractivity contribution in [3.63, 3.8) is 0 Å². The summed E-state index contributed by atoms with van der Waals surface area (Å²) in [6, 6.07) is -0.139. The zero-order valence-corrected chi connectivity index (χ0v) is 14.1. The molecule has 1 amide bonds. The van der Waals surface area contributed by atoms with Gasteiger partial charge in [-0.15, -0.1) is 24.8 Å². The van der Waals surface area contributed by atoms with E-state index in [1.165, 1.54) is 0 Å². The van der Waals surface area contributed by atoms with Crippen LogP contribution in [0.25, 0.3) is 0 Å². The Kier molecular flexibility index (Phi) is 10.8. The number of nitrogens with two attached hydrogens (primary N) is 1. The lowest BCUT2D eigenvalue weighted by Crippen LogP contribution is -2.38. The number of aromatic nitrogens is 2. The van der Waals surface area contributed by atoms with Crippen LogP contribution in [-0.2, 0) is 17.9 Å². The highest BCUT2D eigenvalue weighted by atomic mass is 35.5. The van der Waals surface area contributed by atoms with Crippen molar-refractivity contribution in [3.05, 3.63) is 18.2 Å². The second-order valence-corrected chi connectivity index (χ2v) is 5.26. The Hall–Kier alpha value is -0.780. The topological polar surface area (TPSA) is 72.9 Å². The maximum Gasteiger partial charge on any atom is 0.224 e. The average molecular weight is 325 g/mol. The fraction of sp³-hybridized carbons (Fsp3) is 0.692. The van der Waals surface area contributed by atoms with Crippen molar-refractivity contribution in [2.45, 2.75) is 46.8 Å². The molecular weight excluding hydrogens is 299 g/mol. The minimum atomic E-state index is -0.182. The number of nitrogens with one attached hydrogen (secondary N) is 1. The predicted molar refractivity (Wildman–Crippen MR) is 86.2 cm³/mol. The Morgan fingerprint density at radius 2 is 1.95 bits per heavy atom. The molecule has 2 atom stereocenters. The number of hydrogen-bond acceptors (Lipinski definition) is 3. The van der Waals surface area contributed by atoms with Crippen molar-refractivity contribution >= 4 is 30.7 Å². The molecule has 0 saturated heterocycles. The Morgan fingerprint density at radius 1 is 1.35 bits per heavy atom. The maximum atomic E-state index is 11.8. The molecule has 1 rings (SSSR count). The van der Waals surface area contributed by atoms with Gasteiger partial charge in [0.25, 0.3) is 0 Å². The zero-order chi connectivity index (χ0) is 13.7. The van der Waals surface area contributed by atoms with Crippen molar-refractivity contribution in [3.8, 4) is 0 Å². The lowest BCUT2D eigenvalue weighted by atomic mass is 10.0. The van der Waals surface area contributed by atoms with E-state index in [9.17, 15) is 4.79 Å². The van der Waals surface area contributed by atoms with Gasteiger partial charge >= 0.3 is 0 Å². The summed E-state index contributed by atoms with van der Waals surface area (Å²) < 4.78 is 2.07. The second-order valence-electron chi connectivity index (χ2n) is 5.26. The molecule has 1 aromatic rings. The zero-order valence-electron chi connectivity index (χ0n) is 12.5. The lowest BCUT2D eigenvalue weighted by molar-refractivity contribution is -0.125. The van der Waals surface area contributed by atoms with Crippen LogP contribution in [0.4, 0.5) is 0 Å². The Morgan fingerprint density at radius 3 is 2.45 bits per heavy atom. The second kappa shape index (κ2) is 10.0. The number of rotatable bonds is 6. The van der Waals surface area contributed by atoms with E-state index in [-0.39, 0.29) is 42.7 Å². The van der Waals surface area contributed by atoms with Crippen LogP contribution in [0.2, 0.25) is 0 Å². The Balaban J connectivity index is 0. The summed E-state index contributed by atoms with van der Waals surface area (Å²) in [5.74, 6) is 1.23. The van der Waals surface area contributed by atoms with Crippen LogP contribution in [0.3, 0.4) is 0 Å². The molecule has 2 unspecified atom stereocenters. The van der Waals surface area contributed by atoms with Gasteiger partial charge in [-0.1, -0.05) is 20.8 Å². The number of carbonyl (C=O) groups excluding carboxylic acids is 1. The van der Waals surface area contributed by atoms with Crippen molar-refractivity contribution < 1.29 is 4.79 Å². The highest BCUT2D eigenvalue weighted by molar-refractivity contribution is 5.85. The quantitative estimate of drug-likeness (QED) is 0.840. The van der Waals surface area contributed by atoms with Gasteiger partial charge in [-0.05, 0) is 12.8 Å². The van der Waals surface area contributed by atoms with E-state index in [2.05, 4.69) is 28.7 Å². The highest BCUT2D eigenvalue weighted by Gasteiger charge is 2.17. The van der Waals surface area contributed by atoms with Gasteiger partial charge in [0.1, 0.15) is 5.82 Å². The van der Waals surface area contributed by atoms with E-state index in [1.807, 2.05) is 20.0 Å². The number of carbonyl (C=O) groups is 1. The minimum absolute atomic E-state index is 0. The molecule has 20 heavy (non-hydrogen) atoms. The van der Waals surface area contributed by atoms with Gasteiger partial charge in [-0.2, -0.15) is 0 Å². The van der Waals surface area contributed by atoms with Gasteiger partial charge in [0.2, 0.25) is 5.91 Å². The van der Waals surface area contributed by atoms with E-state index in [0.717, 1.165) is 12.4 Å². The first-order valence-electron chi connectivity index (χ1n) is 6.45. The number of hydrogen-bond donors (Lipinski definition) is 2. The van der Waals surface area contributed by atoms with Gasteiger partial charge in [0.05, 0.1) is 6.54 Å². The molecular formula is C13H26Cl2N4O. The standard InChI is InChI=1S/C13H24N4O.2ClH/c1-9(2)8-17-6-5-15-12(17)7-16-13(18)10(3)11(4)14;;/h5-6,9-11H,7-8,14H2,1-4H3,(H,16,18);2*1H. The molecule has 0 bridgehead atoms. The molecule has 7 heteroatoms. The molecule has 5 nitrogen and oxygen atoms in total. The van der Waals surface area contributed by atoms with Gasteiger partial charge in [0, 0.05) is 30.9 Å². The van der Waals surface area contributed by atoms with Crippen LogP contribution < -0.4 is 11.1 Å². The van der Waals surface area contributed by atoms with E-state index in [4.69, 9.17) is 5.73 Å². The number of halogens is 2. The number of amides is 1. The van der Waals surface area contributed by atoms with E-state index in [0.29, 0.717) is 12.5 Å². The van der Waals surface area contributed by atoms with Crippen molar-refractivity contribution in [2.75, 3.05) is 0 Å². The summed E-state index contributed by atoms with van der Waals surface area (Å²) in [5, 5.41) is 2.88. The number of nitrogens with zero attached hydrogens (tertiary/aromatic N) is 2. The minimum Gasteiger partial charge on any atom is -0.349 e. The summed E-state index contributed by atoms with van der Waals surface area (Å²) in [5.41, 5.74) is 5.70. The fourth-order valence-electron chi connectivity index (χ4n) is 1.63. The van der Waals surface area contributed by atoms with E-state index < -0.39 is 0 Å². The lowest BCUT2D eigenvalue weighted by Gasteiger charge is -2.16. The SMILES string of the molecule is CC(C)Cn1ccnc1CNC(=O)C(C)C(C)N.Cl.Cl. The summed E-state index contributed by atoms with van der Waals surface area (Å²) in [4.78, 5) is 16.0. The normalized spacial score (nSPS) is 13.1. The van der Waals surface area contributed by atoms with Crippen LogP contribution in [-0.4, -0.2) is 21.5 Å². The Labute approximate surface area is 133 Å². The van der Waals surface area contributed by atoms with Gasteiger partial charge in [-0.25, -0.2) is 4.98 Å². The fourth-order valence-corrected chi connectivity index (χ4v) is 1.63. The molecule has 0 aliphatic rings. The summed E-state index contributed by atoms with van der Waals surface area (Å²) >= 11 is 0. The molecule has 0 fully saturated rings. The first kappa shape index (κ1) is 21.5. The largest absolute Gasteiger partial charge is 0.349 e. The Bertz CT molecular complexity index is 393. The van der Waals surface area contributed by atoms with E-state index in [1.54, 1.807) is 6.20 Å². The van der Waals surface area contributed by atoms with Crippen LogP contribution in [0.5, 0.6) is 0 Å². The molecule has 0 aliphatic carbocycles. The van der Waals surface area contributed by atoms with Crippen LogP contribution in [0.1, 0.15) is 33.5 Å². The van der Waals surface area contributed by atoms with E-state index >= 15 is 0 Å². The van der Waals surface area contributed by atoms with Crippen molar-refractivity contribution in [2.24, 2.45) is 17.6 Å². The van der Waals surface area contributed by atoms with Crippen molar-refractivity contribution in [1.29, 1.82) is 0 Å². The monoisotopic (exact) mass is 324 g/mol. The smallest absolute Gasteiger partial charge is 0.224 e. The van der Waals surface area contributed by atoms with Gasteiger partial charge < -0.3 is 15.6 Å². The predicted octanol–water partition coefficient (Wildman–Crippen LogP) is 1.98. The maximum absolute atomic E-state index is 11.8. The third kappa shape index (κ3) is 6.59. The molecule has 0 spiro atoms. The molecule has 1 aromatic heterocycles. The first-order valence-corrected chi connectivity index (χ1v) is 6.45. The van der Waals surface area contributed by atoms with Crippen molar-refractivity contribution in [1.82, 2.24) is 14.9 Å². The summed E-state index contributed by atoms with van der Waals surface area (Å²) in [6.45, 7) is 9.34. The molecule has 1 heterocycles. The van der Waals surface area contributed by atoms with Crippen LogP contribution in [0, 0.1) is 11.8 Å². The molecule has 0 radical (unpaired) electrons. The first-order chi connectivity index (χ1) is 8.41. The third-order valence-electron chi connectivity index (χ3n) is 2.99. The molecule has 0 aromatic carbocycles. The highest BCUT2D eigenvalue weighted by Crippen LogP contribution is 2.05. The van der Waals surface area contributed by atoms with Gasteiger partial charge in [-0.3, -0.25) is 4.79 Å². The van der Waals surface area contributed by atoms with Gasteiger partial charge in [0.15, 0.2) is 0 Å². The molecule has 0 saturated carbocycles. The third-order valence-corrected chi connectivity index (χ3v) is 2.99. The summed E-state index contributed by atoms with van der Waals surface area (Å²) in [6.07, 6.45) is 3.70.